The second kappa shape index (κ2) is 6.91. The molecule has 0 unspecified atom stereocenters. The zero-order chi connectivity index (χ0) is 15.2. The van der Waals surface area contributed by atoms with E-state index in [4.69, 9.17) is 27.3 Å². The van der Waals surface area contributed by atoms with Crippen LogP contribution < -0.4 is 10.5 Å². The number of ether oxygens (including phenoxy) is 1. The minimum absolute atomic E-state index is 0.122. The maximum Gasteiger partial charge on any atom is 0.221 e. The van der Waals surface area contributed by atoms with Crippen LogP contribution in [0.1, 0.15) is 23.2 Å². The Hall–Kier alpha value is -2.32. The summed E-state index contributed by atoms with van der Waals surface area (Å²) < 4.78 is 5.34. The van der Waals surface area contributed by atoms with E-state index in [2.05, 4.69) is 16.0 Å². The smallest absolute Gasteiger partial charge is 0.221 e. The number of anilines is 1. The van der Waals surface area contributed by atoms with Crippen LogP contribution in [0.5, 0.6) is 5.75 Å². The Bertz CT molecular complexity index is 682. The van der Waals surface area contributed by atoms with Gasteiger partial charge in [0.25, 0.3) is 0 Å². The zero-order valence-corrected chi connectivity index (χ0v) is 12.4. The average molecular weight is 303 g/mol. The number of hydrogen-bond donors (Lipinski definition) is 1. The van der Waals surface area contributed by atoms with Crippen molar-refractivity contribution >= 4 is 17.5 Å². The van der Waals surface area contributed by atoms with Crippen LogP contribution in [0.3, 0.4) is 0 Å². The molecule has 0 spiro atoms. The van der Waals surface area contributed by atoms with Gasteiger partial charge in [-0.1, -0.05) is 29.8 Å². The highest BCUT2D eigenvalue weighted by Crippen LogP contribution is 2.26. The van der Waals surface area contributed by atoms with Crippen molar-refractivity contribution in [1.29, 1.82) is 5.26 Å². The summed E-state index contributed by atoms with van der Waals surface area (Å²) >= 11 is 6.20. The quantitative estimate of drug-likeness (QED) is 0.858. The largest absolute Gasteiger partial charge is 0.496 e. The van der Waals surface area contributed by atoms with E-state index in [0.29, 0.717) is 30.1 Å². The number of halogens is 1. The lowest BCUT2D eigenvalue weighted by molar-refractivity contribution is 0.410. The first kappa shape index (κ1) is 15.1. The van der Waals surface area contributed by atoms with Gasteiger partial charge in [0.05, 0.1) is 18.9 Å². The summed E-state index contributed by atoms with van der Waals surface area (Å²) in [5, 5.41) is 9.07. The molecule has 2 aromatic rings. The SMILES string of the molecule is COc1ccccc1Cc1c(Cl)nc(N)nc1CCC#N. The van der Waals surface area contributed by atoms with Crippen molar-refractivity contribution in [2.24, 2.45) is 0 Å². The van der Waals surface area contributed by atoms with Crippen molar-refractivity contribution < 1.29 is 4.74 Å². The molecule has 2 N–H and O–H groups in total. The number of para-hydroxylation sites is 1. The highest BCUT2D eigenvalue weighted by molar-refractivity contribution is 6.30. The van der Waals surface area contributed by atoms with Crippen LogP contribution in [0.2, 0.25) is 5.15 Å². The normalized spacial score (nSPS) is 10.1. The molecule has 21 heavy (non-hydrogen) atoms. The van der Waals surface area contributed by atoms with Crippen molar-refractivity contribution in [3.8, 4) is 11.8 Å². The van der Waals surface area contributed by atoms with Gasteiger partial charge in [-0.15, -0.1) is 0 Å². The molecule has 1 aromatic carbocycles. The molecule has 108 valence electrons. The Morgan fingerprint density at radius 2 is 2.10 bits per heavy atom. The van der Waals surface area contributed by atoms with Gasteiger partial charge in [-0.05, 0) is 11.6 Å². The van der Waals surface area contributed by atoms with Gasteiger partial charge in [0.1, 0.15) is 10.9 Å². The van der Waals surface area contributed by atoms with E-state index in [9.17, 15) is 0 Å². The number of benzene rings is 1. The first-order valence-electron chi connectivity index (χ1n) is 6.45. The topological polar surface area (TPSA) is 84.8 Å². The number of aromatic nitrogens is 2. The minimum Gasteiger partial charge on any atom is -0.496 e. The standard InChI is InChI=1S/C15H15ClN4O/c1-21-13-7-3-2-5-10(13)9-11-12(6-4-8-17)19-15(18)20-14(11)16/h2-3,5,7H,4,6,9H2,1H3,(H2,18,19,20). The summed E-state index contributed by atoms with van der Waals surface area (Å²) in [6, 6.07) is 9.78. The molecule has 1 aromatic heterocycles. The van der Waals surface area contributed by atoms with Gasteiger partial charge in [0.15, 0.2) is 0 Å². The lowest BCUT2D eigenvalue weighted by atomic mass is 10.0. The predicted octanol–water partition coefficient (Wildman–Crippen LogP) is 2.77. The van der Waals surface area contributed by atoms with Crippen LogP contribution in [-0.4, -0.2) is 17.1 Å². The average Bonchev–Trinajstić information content (AvgIpc) is 2.48. The molecular weight excluding hydrogens is 288 g/mol. The molecule has 0 saturated heterocycles. The molecule has 0 bridgehead atoms. The fourth-order valence-electron chi connectivity index (χ4n) is 2.11. The Kier molecular flexibility index (Phi) is 4.96. The summed E-state index contributed by atoms with van der Waals surface area (Å²) in [4.78, 5) is 8.22. The Morgan fingerprint density at radius 3 is 2.81 bits per heavy atom. The Balaban J connectivity index is 2.41. The second-order valence-corrected chi connectivity index (χ2v) is 4.80. The number of methoxy groups -OCH3 is 1. The summed E-state index contributed by atoms with van der Waals surface area (Å²) in [6.07, 6.45) is 1.38. The van der Waals surface area contributed by atoms with Gasteiger partial charge in [-0.2, -0.15) is 5.26 Å². The van der Waals surface area contributed by atoms with Crippen molar-refractivity contribution in [3.05, 3.63) is 46.2 Å². The molecule has 0 aliphatic heterocycles. The van der Waals surface area contributed by atoms with Crippen molar-refractivity contribution in [3.63, 3.8) is 0 Å². The first-order chi connectivity index (χ1) is 10.2. The van der Waals surface area contributed by atoms with Gasteiger partial charge in [-0.3, -0.25) is 0 Å². The number of hydrogen-bond acceptors (Lipinski definition) is 5. The van der Waals surface area contributed by atoms with Crippen LogP contribution in [0, 0.1) is 11.3 Å². The molecule has 1 heterocycles. The fraction of sp³-hybridized carbons (Fsp3) is 0.267. The number of rotatable bonds is 5. The van der Waals surface area contributed by atoms with E-state index >= 15 is 0 Å². The Morgan fingerprint density at radius 1 is 1.33 bits per heavy atom. The number of aryl methyl sites for hydroxylation is 1. The molecule has 6 heteroatoms. The van der Waals surface area contributed by atoms with E-state index in [1.807, 2.05) is 24.3 Å². The first-order valence-corrected chi connectivity index (χ1v) is 6.83. The monoisotopic (exact) mass is 302 g/mol. The number of nitrogens with zero attached hydrogens (tertiary/aromatic N) is 3. The van der Waals surface area contributed by atoms with Crippen LogP contribution in [-0.2, 0) is 12.8 Å². The molecule has 2 rings (SSSR count). The van der Waals surface area contributed by atoms with Crippen molar-refractivity contribution in [2.75, 3.05) is 12.8 Å². The summed E-state index contributed by atoms with van der Waals surface area (Å²) in [5.74, 6) is 0.897. The number of nitrogens with two attached hydrogens (primary N) is 1. The molecule has 0 aliphatic carbocycles. The molecule has 0 amide bonds. The van der Waals surface area contributed by atoms with Gasteiger partial charge >= 0.3 is 0 Å². The third-order valence-electron chi connectivity index (χ3n) is 3.09. The molecule has 0 atom stereocenters. The Labute approximate surface area is 128 Å². The van der Waals surface area contributed by atoms with E-state index < -0.39 is 0 Å². The predicted molar refractivity (Wildman–Crippen MR) is 81.2 cm³/mol. The van der Waals surface area contributed by atoms with Crippen molar-refractivity contribution in [1.82, 2.24) is 9.97 Å². The van der Waals surface area contributed by atoms with E-state index in [0.717, 1.165) is 16.9 Å². The minimum atomic E-state index is 0.122. The molecule has 5 nitrogen and oxygen atoms in total. The summed E-state index contributed by atoms with van der Waals surface area (Å²) in [7, 11) is 1.62. The van der Waals surface area contributed by atoms with Crippen LogP contribution in [0.4, 0.5) is 5.95 Å². The third-order valence-corrected chi connectivity index (χ3v) is 3.41. The highest BCUT2D eigenvalue weighted by Gasteiger charge is 2.14. The van der Waals surface area contributed by atoms with E-state index in [1.54, 1.807) is 7.11 Å². The third kappa shape index (κ3) is 3.61. The zero-order valence-electron chi connectivity index (χ0n) is 11.6. The molecular formula is C15H15ClN4O. The maximum atomic E-state index is 8.75. The second-order valence-electron chi connectivity index (χ2n) is 4.44. The lowest BCUT2D eigenvalue weighted by Crippen LogP contribution is -2.07. The fourth-order valence-corrected chi connectivity index (χ4v) is 2.38. The van der Waals surface area contributed by atoms with Gasteiger partial charge in [0.2, 0.25) is 5.95 Å². The molecule has 0 aliphatic rings. The molecule has 0 fully saturated rings. The molecule has 0 saturated carbocycles. The maximum absolute atomic E-state index is 8.75. The highest BCUT2D eigenvalue weighted by atomic mass is 35.5. The van der Waals surface area contributed by atoms with Crippen LogP contribution >= 0.6 is 11.6 Å². The van der Waals surface area contributed by atoms with Gasteiger partial charge in [0, 0.05) is 24.8 Å². The van der Waals surface area contributed by atoms with Crippen LogP contribution in [0.25, 0.3) is 0 Å². The number of nitriles is 1. The van der Waals surface area contributed by atoms with E-state index in [1.165, 1.54) is 0 Å². The molecule has 0 radical (unpaired) electrons. The lowest BCUT2D eigenvalue weighted by Gasteiger charge is -2.12. The summed E-state index contributed by atoms with van der Waals surface area (Å²) in [6.45, 7) is 0. The summed E-state index contributed by atoms with van der Waals surface area (Å²) in [5.41, 5.74) is 8.11. The van der Waals surface area contributed by atoms with Gasteiger partial charge in [-0.25, -0.2) is 9.97 Å². The van der Waals surface area contributed by atoms with Crippen molar-refractivity contribution in [2.45, 2.75) is 19.3 Å². The number of nitrogen functional groups attached to an aromatic ring is 1. The van der Waals surface area contributed by atoms with Crippen LogP contribution in [0.15, 0.2) is 24.3 Å². The van der Waals surface area contributed by atoms with Gasteiger partial charge < -0.3 is 10.5 Å². The van der Waals surface area contributed by atoms with E-state index in [-0.39, 0.29) is 5.95 Å².